The minimum Gasteiger partial charge on any atom is -0.415 e. The van der Waals surface area contributed by atoms with E-state index in [9.17, 15) is 13.2 Å². The number of alkyl halides is 2. The van der Waals surface area contributed by atoms with Crippen molar-refractivity contribution in [3.63, 3.8) is 0 Å². The van der Waals surface area contributed by atoms with E-state index in [0.29, 0.717) is 12.1 Å². The van der Waals surface area contributed by atoms with Gasteiger partial charge >= 0.3 is 6.43 Å². The van der Waals surface area contributed by atoms with Crippen LogP contribution < -0.4 is 5.32 Å². The van der Waals surface area contributed by atoms with Crippen LogP contribution in [0.2, 0.25) is 0 Å². The molecule has 3 rings (SSSR count). The molecule has 1 N–H and O–H groups in total. The molecule has 0 fully saturated rings. The van der Waals surface area contributed by atoms with Gasteiger partial charge in [-0.15, -0.1) is 10.2 Å². The van der Waals surface area contributed by atoms with E-state index >= 15 is 0 Å². The van der Waals surface area contributed by atoms with Gasteiger partial charge in [0.15, 0.2) is 0 Å². The second-order valence-electron chi connectivity index (χ2n) is 4.80. The lowest BCUT2D eigenvalue weighted by Crippen LogP contribution is -1.99. The maximum atomic E-state index is 12.8. The molecule has 0 unspecified atom stereocenters. The normalized spacial score (nSPS) is 11.0. The van der Waals surface area contributed by atoms with Gasteiger partial charge in [-0.05, 0) is 42.0 Å². The number of anilines is 1. The first-order valence-corrected chi connectivity index (χ1v) is 6.82. The molecule has 0 amide bonds. The van der Waals surface area contributed by atoms with E-state index < -0.39 is 12.3 Å². The zero-order chi connectivity index (χ0) is 16.2. The van der Waals surface area contributed by atoms with Crippen molar-refractivity contribution in [2.75, 3.05) is 5.32 Å². The van der Waals surface area contributed by atoms with Crippen LogP contribution in [0.15, 0.2) is 52.9 Å². The van der Waals surface area contributed by atoms with Crippen LogP contribution in [0.25, 0.3) is 11.5 Å². The molecule has 0 atom stereocenters. The maximum absolute atomic E-state index is 12.8. The summed E-state index contributed by atoms with van der Waals surface area (Å²) in [6.45, 7) is 0.540. The Labute approximate surface area is 130 Å². The summed E-state index contributed by atoms with van der Waals surface area (Å²) in [4.78, 5) is 0. The zero-order valence-corrected chi connectivity index (χ0v) is 11.8. The molecule has 0 aliphatic rings. The zero-order valence-electron chi connectivity index (χ0n) is 11.8. The Morgan fingerprint density at radius 3 is 2.26 bits per heavy atom. The lowest BCUT2D eigenvalue weighted by molar-refractivity contribution is 0.116. The Bertz CT molecular complexity index is 770. The third kappa shape index (κ3) is 3.68. The minimum atomic E-state index is -2.78. The number of nitrogens with zero attached hydrogens (tertiary/aromatic N) is 2. The van der Waals surface area contributed by atoms with E-state index in [1.54, 1.807) is 24.3 Å². The van der Waals surface area contributed by atoms with Crippen LogP contribution in [0.1, 0.15) is 17.9 Å². The van der Waals surface area contributed by atoms with E-state index in [1.807, 2.05) is 12.1 Å². The van der Waals surface area contributed by atoms with Crippen molar-refractivity contribution < 1.29 is 17.6 Å². The van der Waals surface area contributed by atoms with Crippen molar-refractivity contribution in [3.8, 4) is 11.5 Å². The van der Waals surface area contributed by atoms with Gasteiger partial charge in [0.1, 0.15) is 5.82 Å². The number of nitrogens with one attached hydrogen (secondary N) is 1. The summed E-state index contributed by atoms with van der Waals surface area (Å²) >= 11 is 0. The summed E-state index contributed by atoms with van der Waals surface area (Å²) in [5, 5.41) is 10.0. The van der Waals surface area contributed by atoms with Crippen molar-refractivity contribution in [1.29, 1.82) is 0 Å². The number of benzene rings is 2. The molecule has 0 saturated carbocycles. The molecule has 3 aromatic rings. The van der Waals surface area contributed by atoms with Gasteiger partial charge in [-0.2, -0.15) is 8.78 Å². The molecule has 0 aliphatic carbocycles. The number of rotatable bonds is 5. The molecule has 1 heterocycles. The average Bonchev–Trinajstić information content (AvgIpc) is 3.05. The summed E-state index contributed by atoms with van der Waals surface area (Å²) in [5.74, 6) is -0.928. The van der Waals surface area contributed by atoms with E-state index in [1.165, 1.54) is 12.1 Å². The van der Waals surface area contributed by atoms with E-state index in [0.717, 1.165) is 11.3 Å². The summed E-state index contributed by atoms with van der Waals surface area (Å²) in [6, 6.07) is 13.1. The van der Waals surface area contributed by atoms with Crippen LogP contribution in [0.4, 0.5) is 18.9 Å². The number of hydrogen-bond acceptors (Lipinski definition) is 4. The molecule has 118 valence electrons. The highest BCUT2D eigenvalue weighted by Crippen LogP contribution is 2.23. The molecule has 0 aliphatic heterocycles. The molecular weight excluding hydrogens is 307 g/mol. The lowest BCUT2D eigenvalue weighted by Gasteiger charge is -2.06. The maximum Gasteiger partial charge on any atom is 0.314 e. The standard InChI is InChI=1S/C16H12F3N3O/c17-12-5-7-13(8-6-12)20-9-10-1-3-11(4-2-10)15-21-22-16(23-15)14(18)19/h1-8,14,20H,9H2. The van der Waals surface area contributed by atoms with Gasteiger partial charge in [0.2, 0.25) is 5.89 Å². The molecule has 7 heteroatoms. The van der Waals surface area contributed by atoms with Crippen molar-refractivity contribution in [1.82, 2.24) is 10.2 Å². The molecule has 4 nitrogen and oxygen atoms in total. The van der Waals surface area contributed by atoms with Crippen molar-refractivity contribution in [2.45, 2.75) is 13.0 Å². The van der Waals surface area contributed by atoms with Crippen molar-refractivity contribution in [3.05, 3.63) is 65.8 Å². The highest BCUT2D eigenvalue weighted by Gasteiger charge is 2.16. The van der Waals surface area contributed by atoms with Crippen LogP contribution >= 0.6 is 0 Å². The third-order valence-corrected chi connectivity index (χ3v) is 3.17. The summed E-state index contributed by atoms with van der Waals surface area (Å²) in [5.41, 5.74) is 2.33. The van der Waals surface area contributed by atoms with Crippen LogP contribution in [0.3, 0.4) is 0 Å². The first kappa shape index (κ1) is 15.1. The largest absolute Gasteiger partial charge is 0.415 e. The van der Waals surface area contributed by atoms with Crippen LogP contribution in [-0.4, -0.2) is 10.2 Å². The smallest absolute Gasteiger partial charge is 0.314 e. The Balaban J connectivity index is 1.65. The number of halogens is 3. The summed E-state index contributed by atoms with van der Waals surface area (Å²) in [7, 11) is 0. The van der Waals surface area contributed by atoms with Gasteiger partial charge in [0.05, 0.1) is 0 Å². The molecular formula is C16H12F3N3O. The van der Waals surface area contributed by atoms with Crippen LogP contribution in [0, 0.1) is 5.82 Å². The third-order valence-electron chi connectivity index (χ3n) is 3.17. The first-order chi connectivity index (χ1) is 11.1. The second kappa shape index (κ2) is 6.51. The molecule has 1 aromatic heterocycles. The Morgan fingerprint density at radius 1 is 0.957 bits per heavy atom. The van der Waals surface area contributed by atoms with Gasteiger partial charge in [0.25, 0.3) is 5.89 Å². The predicted molar refractivity (Wildman–Crippen MR) is 78.4 cm³/mol. The van der Waals surface area contributed by atoms with Gasteiger partial charge in [-0.1, -0.05) is 12.1 Å². The Hall–Kier alpha value is -2.83. The van der Waals surface area contributed by atoms with Gasteiger partial charge in [-0.25, -0.2) is 4.39 Å². The first-order valence-electron chi connectivity index (χ1n) is 6.82. The quantitative estimate of drug-likeness (QED) is 0.756. The Kier molecular flexibility index (Phi) is 4.27. The van der Waals surface area contributed by atoms with Crippen molar-refractivity contribution >= 4 is 5.69 Å². The molecule has 0 saturated heterocycles. The van der Waals surface area contributed by atoms with Crippen LogP contribution in [0.5, 0.6) is 0 Å². The fourth-order valence-electron chi connectivity index (χ4n) is 1.98. The fraction of sp³-hybridized carbons (Fsp3) is 0.125. The monoisotopic (exact) mass is 319 g/mol. The summed E-state index contributed by atoms with van der Waals surface area (Å²) in [6.07, 6.45) is -2.78. The minimum absolute atomic E-state index is 0.0540. The molecule has 0 bridgehead atoms. The molecule has 0 spiro atoms. The second-order valence-corrected chi connectivity index (χ2v) is 4.80. The number of hydrogen-bond donors (Lipinski definition) is 1. The summed E-state index contributed by atoms with van der Waals surface area (Å²) < 4.78 is 42.5. The molecule has 0 radical (unpaired) electrons. The lowest BCUT2D eigenvalue weighted by atomic mass is 10.1. The highest BCUT2D eigenvalue weighted by atomic mass is 19.3. The molecule has 23 heavy (non-hydrogen) atoms. The van der Waals surface area contributed by atoms with Crippen LogP contribution in [-0.2, 0) is 6.54 Å². The predicted octanol–water partition coefficient (Wildman–Crippen LogP) is 4.43. The van der Waals surface area contributed by atoms with E-state index in [-0.39, 0.29) is 11.7 Å². The van der Waals surface area contributed by atoms with E-state index in [4.69, 9.17) is 4.42 Å². The SMILES string of the molecule is Fc1ccc(NCc2ccc(-c3nnc(C(F)F)o3)cc2)cc1. The topological polar surface area (TPSA) is 51.0 Å². The van der Waals surface area contributed by atoms with Crippen molar-refractivity contribution in [2.24, 2.45) is 0 Å². The van der Waals surface area contributed by atoms with Gasteiger partial charge in [-0.3, -0.25) is 0 Å². The molecule has 2 aromatic carbocycles. The Morgan fingerprint density at radius 2 is 1.65 bits per heavy atom. The highest BCUT2D eigenvalue weighted by molar-refractivity contribution is 5.53. The van der Waals surface area contributed by atoms with Gasteiger partial charge in [0, 0.05) is 17.8 Å². The number of aromatic nitrogens is 2. The van der Waals surface area contributed by atoms with E-state index in [2.05, 4.69) is 15.5 Å². The fourth-order valence-corrected chi connectivity index (χ4v) is 1.98. The average molecular weight is 319 g/mol. The van der Waals surface area contributed by atoms with Gasteiger partial charge < -0.3 is 9.73 Å².